The van der Waals surface area contributed by atoms with Gasteiger partial charge in [-0.15, -0.1) is 0 Å². The van der Waals surface area contributed by atoms with Gasteiger partial charge in [0.15, 0.2) is 0 Å². The van der Waals surface area contributed by atoms with Crippen LogP contribution in [0.15, 0.2) is 24.3 Å². The van der Waals surface area contributed by atoms with Crippen molar-refractivity contribution >= 4 is 22.6 Å². The quantitative estimate of drug-likeness (QED) is 0.808. The van der Waals surface area contributed by atoms with E-state index in [9.17, 15) is 0 Å². The summed E-state index contributed by atoms with van der Waals surface area (Å²) in [5.74, 6) is 0. The lowest BCUT2D eigenvalue weighted by Gasteiger charge is -2.26. The lowest BCUT2D eigenvalue weighted by molar-refractivity contribution is 0.326. The second-order valence-corrected chi connectivity index (χ2v) is 6.75. The Balaban J connectivity index is 2.54. The van der Waals surface area contributed by atoms with Crippen molar-refractivity contribution < 1.29 is 0 Å². The summed E-state index contributed by atoms with van der Waals surface area (Å²) in [7, 11) is 0. The molecule has 0 aromatic heterocycles. The van der Waals surface area contributed by atoms with Crippen molar-refractivity contribution in [1.29, 1.82) is 0 Å². The molecule has 0 fully saturated rings. The van der Waals surface area contributed by atoms with Crippen LogP contribution in [0.4, 0.5) is 0 Å². The van der Waals surface area contributed by atoms with Gasteiger partial charge in [0.25, 0.3) is 0 Å². The van der Waals surface area contributed by atoms with Crippen LogP contribution in [0.5, 0.6) is 0 Å². The topological polar surface area (TPSA) is 12.0 Å². The van der Waals surface area contributed by atoms with Gasteiger partial charge in [-0.1, -0.05) is 39.8 Å². The summed E-state index contributed by atoms with van der Waals surface area (Å²) in [6.45, 7) is 10.1. The Morgan fingerprint density at radius 1 is 1.19 bits per heavy atom. The molecule has 1 rings (SSSR count). The Labute approximate surface area is 113 Å². The lowest BCUT2D eigenvalue weighted by atomic mass is 9.85. The fourth-order valence-electron chi connectivity index (χ4n) is 1.70. The van der Waals surface area contributed by atoms with Crippen molar-refractivity contribution in [2.45, 2.75) is 40.2 Å². The second-order valence-electron chi connectivity index (χ2n) is 5.50. The summed E-state index contributed by atoms with van der Waals surface area (Å²) in [4.78, 5) is 0. The highest BCUT2D eigenvalue weighted by atomic mass is 127. The third-order valence-electron chi connectivity index (χ3n) is 2.58. The number of benzene rings is 1. The third-order valence-corrected chi connectivity index (χ3v) is 3.30. The van der Waals surface area contributed by atoms with E-state index in [4.69, 9.17) is 0 Å². The fourth-order valence-corrected chi connectivity index (χ4v) is 2.06. The first-order valence-corrected chi connectivity index (χ1v) is 6.95. The SMILES string of the molecule is CC(C)NCC(C)(C)Cc1ccc(I)cc1. The number of hydrogen-bond donors (Lipinski definition) is 1. The first-order chi connectivity index (χ1) is 7.39. The van der Waals surface area contributed by atoms with Crippen LogP contribution < -0.4 is 5.32 Å². The van der Waals surface area contributed by atoms with E-state index in [-0.39, 0.29) is 0 Å². The van der Waals surface area contributed by atoms with Gasteiger partial charge in [0.2, 0.25) is 0 Å². The summed E-state index contributed by atoms with van der Waals surface area (Å²) in [5.41, 5.74) is 1.74. The van der Waals surface area contributed by atoms with E-state index in [1.165, 1.54) is 9.13 Å². The highest BCUT2D eigenvalue weighted by Crippen LogP contribution is 2.21. The van der Waals surface area contributed by atoms with Crippen molar-refractivity contribution in [1.82, 2.24) is 5.32 Å². The summed E-state index contributed by atoms with van der Waals surface area (Å²) in [5, 5.41) is 3.52. The van der Waals surface area contributed by atoms with E-state index in [1.54, 1.807) is 0 Å². The van der Waals surface area contributed by atoms with Crippen LogP contribution in [0, 0.1) is 8.99 Å². The Morgan fingerprint density at radius 2 is 1.75 bits per heavy atom. The molecule has 1 aromatic carbocycles. The van der Waals surface area contributed by atoms with Crippen LogP contribution in [0.2, 0.25) is 0 Å². The van der Waals surface area contributed by atoms with E-state index >= 15 is 0 Å². The summed E-state index contributed by atoms with van der Waals surface area (Å²) in [6, 6.07) is 9.40. The summed E-state index contributed by atoms with van der Waals surface area (Å²) < 4.78 is 1.31. The number of nitrogens with one attached hydrogen (secondary N) is 1. The Morgan fingerprint density at radius 3 is 2.25 bits per heavy atom. The zero-order chi connectivity index (χ0) is 12.2. The first-order valence-electron chi connectivity index (χ1n) is 5.87. The van der Waals surface area contributed by atoms with Gasteiger partial charge in [0, 0.05) is 16.2 Å². The van der Waals surface area contributed by atoms with Crippen molar-refractivity contribution in [2.24, 2.45) is 5.41 Å². The average Bonchev–Trinajstić information content (AvgIpc) is 2.19. The van der Waals surface area contributed by atoms with Crippen LogP contribution in [-0.4, -0.2) is 12.6 Å². The van der Waals surface area contributed by atoms with Crippen LogP contribution >= 0.6 is 22.6 Å². The minimum atomic E-state index is 0.317. The van der Waals surface area contributed by atoms with Gasteiger partial charge in [0.05, 0.1) is 0 Å². The zero-order valence-electron chi connectivity index (χ0n) is 10.7. The van der Waals surface area contributed by atoms with Crippen LogP contribution in [0.25, 0.3) is 0 Å². The molecule has 0 radical (unpaired) electrons. The highest BCUT2D eigenvalue weighted by Gasteiger charge is 2.18. The predicted molar refractivity (Wildman–Crippen MR) is 79.8 cm³/mol. The molecule has 0 saturated carbocycles. The standard InChI is InChI=1S/C14H22IN/c1-11(2)16-10-14(3,4)9-12-5-7-13(15)8-6-12/h5-8,11,16H,9-10H2,1-4H3. The molecular weight excluding hydrogens is 309 g/mol. The average molecular weight is 331 g/mol. The molecule has 0 aliphatic heterocycles. The first kappa shape index (κ1) is 14.0. The smallest absolute Gasteiger partial charge is 0.0130 e. The molecule has 0 atom stereocenters. The molecule has 1 N–H and O–H groups in total. The summed E-state index contributed by atoms with van der Waals surface area (Å²) in [6.07, 6.45) is 1.13. The maximum absolute atomic E-state index is 3.52. The lowest BCUT2D eigenvalue weighted by Crippen LogP contribution is -2.35. The Bertz CT molecular complexity index is 314. The van der Waals surface area contributed by atoms with Gasteiger partial charge >= 0.3 is 0 Å². The molecule has 2 heteroatoms. The molecule has 0 aliphatic carbocycles. The van der Waals surface area contributed by atoms with Gasteiger partial charge in [-0.3, -0.25) is 0 Å². The van der Waals surface area contributed by atoms with Crippen molar-refractivity contribution in [3.05, 3.63) is 33.4 Å². The minimum absolute atomic E-state index is 0.317. The molecule has 1 nitrogen and oxygen atoms in total. The van der Waals surface area contributed by atoms with Gasteiger partial charge in [-0.25, -0.2) is 0 Å². The molecule has 0 heterocycles. The third kappa shape index (κ3) is 5.30. The summed E-state index contributed by atoms with van der Waals surface area (Å²) >= 11 is 2.35. The molecular formula is C14H22IN. The predicted octanol–water partition coefficient (Wildman–Crippen LogP) is 3.86. The largest absolute Gasteiger partial charge is 0.314 e. The Hall–Kier alpha value is -0.0900. The molecule has 0 aliphatic rings. The number of halogens is 1. The van der Waals surface area contributed by atoms with E-state index in [0.29, 0.717) is 11.5 Å². The van der Waals surface area contributed by atoms with Gasteiger partial charge in [0.1, 0.15) is 0 Å². The van der Waals surface area contributed by atoms with Crippen LogP contribution in [-0.2, 0) is 6.42 Å². The molecule has 0 amide bonds. The van der Waals surface area contributed by atoms with Crippen molar-refractivity contribution in [3.63, 3.8) is 0 Å². The zero-order valence-corrected chi connectivity index (χ0v) is 12.8. The normalized spacial score (nSPS) is 12.1. The van der Waals surface area contributed by atoms with Crippen LogP contribution in [0.3, 0.4) is 0 Å². The Kier molecular flexibility index (Phi) is 5.25. The van der Waals surface area contributed by atoms with Crippen molar-refractivity contribution in [3.8, 4) is 0 Å². The number of rotatable bonds is 5. The van der Waals surface area contributed by atoms with E-state index in [1.807, 2.05) is 0 Å². The fraction of sp³-hybridized carbons (Fsp3) is 0.571. The van der Waals surface area contributed by atoms with E-state index in [2.05, 4.69) is 79.9 Å². The monoisotopic (exact) mass is 331 g/mol. The molecule has 16 heavy (non-hydrogen) atoms. The second kappa shape index (κ2) is 6.01. The van der Waals surface area contributed by atoms with E-state index < -0.39 is 0 Å². The molecule has 0 bridgehead atoms. The van der Waals surface area contributed by atoms with Gasteiger partial charge < -0.3 is 5.32 Å². The van der Waals surface area contributed by atoms with Gasteiger partial charge in [-0.05, 0) is 52.1 Å². The molecule has 90 valence electrons. The minimum Gasteiger partial charge on any atom is -0.314 e. The van der Waals surface area contributed by atoms with Crippen LogP contribution in [0.1, 0.15) is 33.3 Å². The maximum Gasteiger partial charge on any atom is 0.0130 e. The molecule has 0 spiro atoms. The van der Waals surface area contributed by atoms with Crippen molar-refractivity contribution in [2.75, 3.05) is 6.54 Å². The molecule has 1 aromatic rings. The van der Waals surface area contributed by atoms with E-state index in [0.717, 1.165) is 13.0 Å². The highest BCUT2D eigenvalue weighted by molar-refractivity contribution is 14.1. The number of hydrogen-bond acceptors (Lipinski definition) is 1. The molecule has 0 saturated heterocycles. The van der Waals surface area contributed by atoms with Gasteiger partial charge in [-0.2, -0.15) is 0 Å². The maximum atomic E-state index is 3.52. The molecule has 0 unspecified atom stereocenters.